The van der Waals surface area contributed by atoms with Gasteiger partial charge in [0.15, 0.2) is 0 Å². The summed E-state index contributed by atoms with van der Waals surface area (Å²) in [5.41, 5.74) is 7.46. The lowest BCUT2D eigenvalue weighted by atomic mass is 10.1. The molecule has 1 rings (SSSR count). The Morgan fingerprint density at radius 2 is 2.26 bits per heavy atom. The van der Waals surface area contributed by atoms with E-state index in [-0.39, 0.29) is 5.91 Å². The SMILES string of the molecule is COCCNC(=O)CN(C)Cc1cc(Cl)ccc1N. The number of carbonyl (C=O) groups excluding carboxylic acids is 1. The second-order valence-corrected chi connectivity index (χ2v) is 4.79. The number of benzene rings is 1. The van der Waals surface area contributed by atoms with Gasteiger partial charge in [-0.25, -0.2) is 0 Å². The van der Waals surface area contributed by atoms with Crippen molar-refractivity contribution < 1.29 is 9.53 Å². The maximum absolute atomic E-state index is 11.6. The lowest BCUT2D eigenvalue weighted by Gasteiger charge is -2.17. The first kappa shape index (κ1) is 15.8. The number of hydrogen-bond donors (Lipinski definition) is 2. The van der Waals surface area contributed by atoms with Crippen molar-refractivity contribution in [3.8, 4) is 0 Å². The Kier molecular flexibility index (Phi) is 6.62. The Hall–Kier alpha value is -1.30. The van der Waals surface area contributed by atoms with Crippen molar-refractivity contribution in [1.82, 2.24) is 10.2 Å². The average molecular weight is 286 g/mol. The zero-order valence-corrected chi connectivity index (χ0v) is 12.0. The molecule has 0 heterocycles. The normalized spacial score (nSPS) is 10.7. The summed E-state index contributed by atoms with van der Waals surface area (Å²) >= 11 is 5.92. The fraction of sp³-hybridized carbons (Fsp3) is 0.462. The third-order valence-corrected chi connectivity index (χ3v) is 2.82. The van der Waals surface area contributed by atoms with E-state index in [1.54, 1.807) is 19.2 Å². The zero-order chi connectivity index (χ0) is 14.3. The molecular formula is C13H20ClN3O2. The van der Waals surface area contributed by atoms with E-state index < -0.39 is 0 Å². The van der Waals surface area contributed by atoms with Crippen LogP contribution in [0.5, 0.6) is 0 Å². The summed E-state index contributed by atoms with van der Waals surface area (Å²) in [5.74, 6) is -0.0415. The van der Waals surface area contributed by atoms with Gasteiger partial charge in [0.2, 0.25) is 5.91 Å². The summed E-state index contributed by atoms with van der Waals surface area (Å²) in [6.07, 6.45) is 0. The Morgan fingerprint density at radius 3 is 2.95 bits per heavy atom. The molecule has 0 bridgehead atoms. The van der Waals surface area contributed by atoms with Gasteiger partial charge >= 0.3 is 0 Å². The molecule has 1 aromatic rings. The third-order valence-electron chi connectivity index (χ3n) is 2.59. The lowest BCUT2D eigenvalue weighted by molar-refractivity contribution is -0.122. The number of methoxy groups -OCH3 is 1. The molecule has 0 aliphatic rings. The molecule has 5 nitrogen and oxygen atoms in total. The van der Waals surface area contributed by atoms with Crippen LogP contribution in [0.2, 0.25) is 5.02 Å². The number of anilines is 1. The molecular weight excluding hydrogens is 266 g/mol. The molecule has 0 aliphatic carbocycles. The molecule has 0 aromatic heterocycles. The van der Waals surface area contributed by atoms with Crippen molar-refractivity contribution in [2.24, 2.45) is 0 Å². The molecule has 106 valence electrons. The number of carbonyl (C=O) groups is 1. The Morgan fingerprint density at radius 1 is 1.53 bits per heavy atom. The van der Waals surface area contributed by atoms with Crippen molar-refractivity contribution in [2.45, 2.75) is 6.54 Å². The van der Waals surface area contributed by atoms with Crippen LogP contribution < -0.4 is 11.1 Å². The van der Waals surface area contributed by atoms with E-state index in [0.717, 1.165) is 5.56 Å². The highest BCUT2D eigenvalue weighted by atomic mass is 35.5. The van der Waals surface area contributed by atoms with Crippen LogP contribution in [0.25, 0.3) is 0 Å². The van der Waals surface area contributed by atoms with E-state index in [2.05, 4.69) is 5.32 Å². The van der Waals surface area contributed by atoms with E-state index in [9.17, 15) is 4.79 Å². The number of likely N-dealkylation sites (N-methyl/N-ethyl adjacent to an activating group) is 1. The molecule has 6 heteroatoms. The van der Waals surface area contributed by atoms with E-state index in [1.807, 2.05) is 18.0 Å². The topological polar surface area (TPSA) is 67.6 Å². The Labute approximate surface area is 118 Å². The predicted molar refractivity (Wildman–Crippen MR) is 77.1 cm³/mol. The number of nitrogens with one attached hydrogen (secondary N) is 1. The second-order valence-electron chi connectivity index (χ2n) is 4.36. The number of ether oxygens (including phenoxy) is 1. The number of amides is 1. The van der Waals surface area contributed by atoms with E-state index in [1.165, 1.54) is 0 Å². The molecule has 0 fully saturated rings. The molecule has 1 amide bonds. The van der Waals surface area contributed by atoms with Crippen LogP contribution in [0.3, 0.4) is 0 Å². The molecule has 0 radical (unpaired) electrons. The van der Waals surface area contributed by atoms with Gasteiger partial charge in [0.1, 0.15) is 0 Å². The smallest absolute Gasteiger partial charge is 0.234 e. The van der Waals surface area contributed by atoms with Crippen LogP contribution in [0, 0.1) is 0 Å². The number of nitrogens with zero attached hydrogens (tertiary/aromatic N) is 1. The largest absolute Gasteiger partial charge is 0.398 e. The minimum absolute atomic E-state index is 0.0415. The van der Waals surface area contributed by atoms with Gasteiger partial charge in [-0.1, -0.05) is 11.6 Å². The highest BCUT2D eigenvalue weighted by Gasteiger charge is 2.08. The standard InChI is InChI=1S/C13H20ClN3O2/c1-17(9-13(18)16-5-6-19-2)8-10-7-11(14)3-4-12(10)15/h3-4,7H,5-6,8-9,15H2,1-2H3,(H,16,18). The molecule has 19 heavy (non-hydrogen) atoms. The van der Waals surface area contributed by atoms with Crippen molar-refractivity contribution in [3.63, 3.8) is 0 Å². The van der Waals surface area contributed by atoms with Crippen molar-refractivity contribution in [3.05, 3.63) is 28.8 Å². The quantitative estimate of drug-likeness (QED) is 0.582. The minimum atomic E-state index is -0.0415. The summed E-state index contributed by atoms with van der Waals surface area (Å²) < 4.78 is 4.86. The summed E-state index contributed by atoms with van der Waals surface area (Å²) in [6, 6.07) is 5.33. The van der Waals surface area contributed by atoms with E-state index in [4.69, 9.17) is 22.1 Å². The second kappa shape index (κ2) is 7.99. The van der Waals surface area contributed by atoms with Gasteiger partial charge in [0.05, 0.1) is 13.2 Å². The van der Waals surface area contributed by atoms with Crippen LogP contribution >= 0.6 is 11.6 Å². The summed E-state index contributed by atoms with van der Waals surface area (Å²) in [6.45, 7) is 1.90. The van der Waals surface area contributed by atoms with Gasteiger partial charge in [-0.3, -0.25) is 9.69 Å². The number of nitrogen functional groups attached to an aromatic ring is 1. The molecule has 0 unspecified atom stereocenters. The molecule has 0 saturated heterocycles. The highest BCUT2D eigenvalue weighted by Crippen LogP contribution is 2.18. The van der Waals surface area contributed by atoms with Gasteiger partial charge in [-0.05, 0) is 30.8 Å². The van der Waals surface area contributed by atoms with Crippen molar-refractivity contribution in [1.29, 1.82) is 0 Å². The number of hydrogen-bond acceptors (Lipinski definition) is 4. The molecule has 0 spiro atoms. The summed E-state index contributed by atoms with van der Waals surface area (Å²) in [5, 5.41) is 3.40. The lowest BCUT2D eigenvalue weighted by Crippen LogP contribution is -2.36. The maximum Gasteiger partial charge on any atom is 0.234 e. The van der Waals surface area contributed by atoms with Crippen LogP contribution in [0.1, 0.15) is 5.56 Å². The van der Waals surface area contributed by atoms with Gasteiger partial charge in [0, 0.05) is 30.9 Å². The average Bonchev–Trinajstić information content (AvgIpc) is 2.34. The van der Waals surface area contributed by atoms with Gasteiger partial charge in [-0.15, -0.1) is 0 Å². The summed E-state index contributed by atoms with van der Waals surface area (Å²) in [7, 11) is 3.45. The van der Waals surface area contributed by atoms with Crippen LogP contribution in [0.4, 0.5) is 5.69 Å². The van der Waals surface area contributed by atoms with Crippen molar-refractivity contribution >= 4 is 23.2 Å². The van der Waals surface area contributed by atoms with Gasteiger partial charge in [0.25, 0.3) is 0 Å². The number of halogens is 1. The van der Waals surface area contributed by atoms with Gasteiger partial charge in [-0.2, -0.15) is 0 Å². The highest BCUT2D eigenvalue weighted by molar-refractivity contribution is 6.30. The Balaban J connectivity index is 2.44. The molecule has 0 atom stereocenters. The van der Waals surface area contributed by atoms with Crippen LogP contribution in [0.15, 0.2) is 18.2 Å². The first-order chi connectivity index (χ1) is 9.02. The molecule has 1 aromatic carbocycles. The maximum atomic E-state index is 11.6. The van der Waals surface area contributed by atoms with E-state index >= 15 is 0 Å². The molecule has 0 aliphatic heterocycles. The fourth-order valence-electron chi connectivity index (χ4n) is 1.65. The Bertz CT molecular complexity index is 426. The van der Waals surface area contributed by atoms with Gasteiger partial charge < -0.3 is 15.8 Å². The van der Waals surface area contributed by atoms with Crippen molar-refractivity contribution in [2.75, 3.05) is 39.6 Å². The first-order valence-corrected chi connectivity index (χ1v) is 6.39. The molecule has 0 saturated carbocycles. The fourth-order valence-corrected chi connectivity index (χ4v) is 1.85. The number of rotatable bonds is 7. The molecule has 3 N–H and O–H groups in total. The van der Waals surface area contributed by atoms with Crippen LogP contribution in [-0.4, -0.2) is 44.7 Å². The minimum Gasteiger partial charge on any atom is -0.398 e. The zero-order valence-electron chi connectivity index (χ0n) is 11.3. The monoisotopic (exact) mass is 285 g/mol. The first-order valence-electron chi connectivity index (χ1n) is 6.01. The van der Waals surface area contributed by atoms with E-state index in [0.29, 0.717) is 37.0 Å². The summed E-state index contributed by atoms with van der Waals surface area (Å²) in [4.78, 5) is 13.5. The predicted octanol–water partition coefficient (Wildman–Crippen LogP) is 1.12. The third kappa shape index (κ3) is 5.92. The van der Waals surface area contributed by atoms with Crippen LogP contribution in [-0.2, 0) is 16.1 Å². The number of nitrogens with two attached hydrogens (primary N) is 1.